The summed E-state index contributed by atoms with van der Waals surface area (Å²) in [5.41, 5.74) is 1.22. The summed E-state index contributed by atoms with van der Waals surface area (Å²) >= 11 is 0. The quantitative estimate of drug-likeness (QED) is 0.803. The molecule has 0 radical (unpaired) electrons. The number of ether oxygens (including phenoxy) is 1. The Balaban J connectivity index is 1.31. The molecule has 6 heteroatoms. The summed E-state index contributed by atoms with van der Waals surface area (Å²) in [5, 5.41) is 0. The molecule has 3 aliphatic heterocycles. The van der Waals surface area contributed by atoms with Crippen molar-refractivity contribution in [1.82, 2.24) is 19.8 Å². The Bertz CT molecular complexity index is 540. The van der Waals surface area contributed by atoms with E-state index in [0.29, 0.717) is 6.10 Å². The fourth-order valence-electron chi connectivity index (χ4n) is 4.42. The van der Waals surface area contributed by atoms with E-state index in [0.717, 1.165) is 58.2 Å². The van der Waals surface area contributed by atoms with Crippen LogP contribution in [0.4, 0.5) is 5.95 Å². The zero-order valence-electron chi connectivity index (χ0n) is 16.0. The van der Waals surface area contributed by atoms with Crippen LogP contribution in [0, 0.1) is 0 Å². The zero-order chi connectivity index (χ0) is 17.6. The second-order valence-corrected chi connectivity index (χ2v) is 8.03. The van der Waals surface area contributed by atoms with Crippen LogP contribution in [0.25, 0.3) is 0 Å². The van der Waals surface area contributed by atoms with Gasteiger partial charge in [0.25, 0.3) is 0 Å². The average molecular weight is 360 g/mol. The first-order valence-corrected chi connectivity index (χ1v) is 10.5. The first kappa shape index (κ1) is 18.1. The highest BCUT2D eigenvalue weighted by Gasteiger charge is 2.23. The molecule has 4 rings (SSSR count). The van der Waals surface area contributed by atoms with Gasteiger partial charge in [0.15, 0.2) is 0 Å². The van der Waals surface area contributed by atoms with E-state index in [1.807, 2.05) is 12.4 Å². The number of piperidine rings is 1. The summed E-state index contributed by atoms with van der Waals surface area (Å²) in [6.45, 7) is 9.70. The Morgan fingerprint density at radius 3 is 2.31 bits per heavy atom. The topological polar surface area (TPSA) is 44.7 Å². The molecule has 0 amide bonds. The standard InChI is InChI=1S/C20H33N5O/c1-2-10-25(11-3-1)20-21-13-18(14-22-20)15-24-9-6-12-26-19(17-24)16-23-7-4-5-8-23/h13-14,19H,1-12,15-17H2/t19-/m1/s1. The molecule has 3 saturated heterocycles. The Hall–Kier alpha value is -1.24. The van der Waals surface area contributed by atoms with E-state index >= 15 is 0 Å². The van der Waals surface area contributed by atoms with E-state index in [4.69, 9.17) is 4.74 Å². The number of hydrogen-bond acceptors (Lipinski definition) is 6. The molecule has 0 N–H and O–H groups in total. The molecular weight excluding hydrogens is 326 g/mol. The second kappa shape index (κ2) is 9.11. The molecule has 0 saturated carbocycles. The van der Waals surface area contributed by atoms with Gasteiger partial charge in [-0.05, 0) is 51.6 Å². The van der Waals surface area contributed by atoms with Crippen molar-refractivity contribution in [3.05, 3.63) is 18.0 Å². The molecule has 3 fully saturated rings. The van der Waals surface area contributed by atoms with Gasteiger partial charge in [0.05, 0.1) is 6.10 Å². The fourth-order valence-corrected chi connectivity index (χ4v) is 4.42. The van der Waals surface area contributed by atoms with Crippen LogP contribution in [0.2, 0.25) is 0 Å². The molecule has 1 aromatic heterocycles. The van der Waals surface area contributed by atoms with Crippen molar-refractivity contribution in [2.75, 3.05) is 57.3 Å². The third-order valence-electron chi connectivity index (χ3n) is 5.83. The molecule has 0 spiro atoms. The molecule has 0 aliphatic carbocycles. The van der Waals surface area contributed by atoms with Crippen LogP contribution in [0.3, 0.4) is 0 Å². The Labute approximate surface area is 157 Å². The van der Waals surface area contributed by atoms with E-state index in [-0.39, 0.29) is 0 Å². The van der Waals surface area contributed by atoms with Crippen LogP contribution in [0.15, 0.2) is 12.4 Å². The van der Waals surface area contributed by atoms with E-state index < -0.39 is 0 Å². The van der Waals surface area contributed by atoms with Crippen molar-refractivity contribution in [2.45, 2.75) is 51.2 Å². The number of anilines is 1. The number of aromatic nitrogens is 2. The number of likely N-dealkylation sites (tertiary alicyclic amines) is 1. The summed E-state index contributed by atoms with van der Waals surface area (Å²) in [6.07, 6.45) is 12.1. The molecule has 144 valence electrons. The zero-order valence-corrected chi connectivity index (χ0v) is 16.0. The lowest BCUT2D eigenvalue weighted by atomic mass is 10.1. The Morgan fingerprint density at radius 1 is 0.846 bits per heavy atom. The Morgan fingerprint density at radius 2 is 1.54 bits per heavy atom. The molecule has 0 bridgehead atoms. The van der Waals surface area contributed by atoms with E-state index in [1.54, 1.807) is 0 Å². The summed E-state index contributed by atoms with van der Waals surface area (Å²) in [7, 11) is 0. The number of rotatable bonds is 5. The van der Waals surface area contributed by atoms with Crippen LogP contribution in [-0.4, -0.2) is 78.3 Å². The van der Waals surface area contributed by atoms with Gasteiger partial charge >= 0.3 is 0 Å². The van der Waals surface area contributed by atoms with Gasteiger partial charge in [-0.1, -0.05) is 0 Å². The Kier molecular flexibility index (Phi) is 6.35. The predicted molar refractivity (Wildman–Crippen MR) is 103 cm³/mol. The molecule has 0 aromatic carbocycles. The van der Waals surface area contributed by atoms with Gasteiger partial charge in [0.1, 0.15) is 0 Å². The SMILES string of the molecule is c1nc(N2CCCCC2)ncc1CN1CCCO[C@H](CN2CCCC2)C1. The average Bonchev–Trinajstić information content (AvgIpc) is 3.09. The van der Waals surface area contributed by atoms with E-state index in [9.17, 15) is 0 Å². The van der Waals surface area contributed by atoms with Crippen LogP contribution in [0.1, 0.15) is 44.1 Å². The highest BCUT2D eigenvalue weighted by molar-refractivity contribution is 5.30. The first-order chi connectivity index (χ1) is 12.9. The molecule has 6 nitrogen and oxygen atoms in total. The van der Waals surface area contributed by atoms with Gasteiger partial charge < -0.3 is 14.5 Å². The lowest BCUT2D eigenvalue weighted by Crippen LogP contribution is -2.39. The maximum atomic E-state index is 6.11. The highest BCUT2D eigenvalue weighted by Crippen LogP contribution is 2.17. The van der Waals surface area contributed by atoms with Crippen molar-refractivity contribution < 1.29 is 4.74 Å². The van der Waals surface area contributed by atoms with Gasteiger partial charge in [0.2, 0.25) is 5.95 Å². The summed E-state index contributed by atoms with van der Waals surface area (Å²) in [4.78, 5) is 16.7. The maximum absolute atomic E-state index is 6.11. The van der Waals surface area contributed by atoms with Gasteiger partial charge in [-0.2, -0.15) is 0 Å². The summed E-state index contributed by atoms with van der Waals surface area (Å²) < 4.78 is 6.11. The van der Waals surface area contributed by atoms with Crippen LogP contribution in [-0.2, 0) is 11.3 Å². The lowest BCUT2D eigenvalue weighted by molar-refractivity contribution is 0.0307. The molecular formula is C20H33N5O. The smallest absolute Gasteiger partial charge is 0.225 e. The summed E-state index contributed by atoms with van der Waals surface area (Å²) in [5.74, 6) is 0.902. The van der Waals surface area contributed by atoms with E-state index in [1.165, 1.54) is 50.8 Å². The van der Waals surface area contributed by atoms with Crippen LogP contribution >= 0.6 is 0 Å². The molecule has 3 aliphatic rings. The third-order valence-corrected chi connectivity index (χ3v) is 5.83. The van der Waals surface area contributed by atoms with Crippen molar-refractivity contribution in [3.63, 3.8) is 0 Å². The number of nitrogens with zero attached hydrogens (tertiary/aromatic N) is 5. The number of hydrogen-bond donors (Lipinski definition) is 0. The van der Waals surface area contributed by atoms with Crippen molar-refractivity contribution in [1.29, 1.82) is 0 Å². The van der Waals surface area contributed by atoms with E-state index in [2.05, 4.69) is 24.7 Å². The van der Waals surface area contributed by atoms with Gasteiger partial charge in [-0.25, -0.2) is 9.97 Å². The van der Waals surface area contributed by atoms with Crippen molar-refractivity contribution in [2.24, 2.45) is 0 Å². The third kappa shape index (κ3) is 4.93. The molecule has 0 unspecified atom stereocenters. The monoisotopic (exact) mass is 359 g/mol. The minimum Gasteiger partial charge on any atom is -0.376 e. The fraction of sp³-hybridized carbons (Fsp3) is 0.800. The second-order valence-electron chi connectivity index (χ2n) is 8.03. The van der Waals surface area contributed by atoms with Crippen molar-refractivity contribution >= 4 is 5.95 Å². The van der Waals surface area contributed by atoms with Gasteiger partial charge in [-0.3, -0.25) is 4.90 Å². The molecule has 4 heterocycles. The molecule has 26 heavy (non-hydrogen) atoms. The van der Waals surface area contributed by atoms with Crippen LogP contribution in [0.5, 0.6) is 0 Å². The van der Waals surface area contributed by atoms with Gasteiger partial charge in [0, 0.05) is 63.8 Å². The predicted octanol–water partition coefficient (Wildman–Crippen LogP) is 2.15. The largest absolute Gasteiger partial charge is 0.376 e. The van der Waals surface area contributed by atoms with Crippen molar-refractivity contribution in [3.8, 4) is 0 Å². The highest BCUT2D eigenvalue weighted by atomic mass is 16.5. The molecule has 1 atom stereocenters. The van der Waals surface area contributed by atoms with Crippen LogP contribution < -0.4 is 4.90 Å². The van der Waals surface area contributed by atoms with Gasteiger partial charge in [-0.15, -0.1) is 0 Å². The maximum Gasteiger partial charge on any atom is 0.225 e. The first-order valence-electron chi connectivity index (χ1n) is 10.5. The minimum atomic E-state index is 0.337. The molecule has 1 aromatic rings. The normalized spacial score (nSPS) is 26.2. The summed E-state index contributed by atoms with van der Waals surface area (Å²) in [6, 6.07) is 0. The lowest BCUT2D eigenvalue weighted by Gasteiger charge is -2.27. The minimum absolute atomic E-state index is 0.337.